The second-order valence-corrected chi connectivity index (χ2v) is 6.09. The van der Waals surface area contributed by atoms with E-state index in [0.29, 0.717) is 11.3 Å². The van der Waals surface area contributed by atoms with Gasteiger partial charge in [0.1, 0.15) is 5.82 Å². The van der Waals surface area contributed by atoms with Gasteiger partial charge in [-0.05, 0) is 48.9 Å². The zero-order valence-corrected chi connectivity index (χ0v) is 14.4. The van der Waals surface area contributed by atoms with E-state index in [1.54, 1.807) is 36.4 Å². The molecular formula is C21H19FN2O2. The van der Waals surface area contributed by atoms with Crippen molar-refractivity contribution in [1.29, 1.82) is 0 Å². The molecule has 3 aromatic rings. The number of Topliss-reactive ketones (excluding diaryl/α,β-unsaturated/α-hetero) is 1. The highest BCUT2D eigenvalue weighted by molar-refractivity contribution is 5.97. The van der Waals surface area contributed by atoms with Gasteiger partial charge in [0.15, 0.2) is 5.78 Å². The Kier molecular flexibility index (Phi) is 5.27. The largest absolute Gasteiger partial charge is 0.346 e. The van der Waals surface area contributed by atoms with Crippen molar-refractivity contribution in [2.75, 3.05) is 5.32 Å². The van der Waals surface area contributed by atoms with Crippen LogP contribution >= 0.6 is 0 Å². The van der Waals surface area contributed by atoms with Crippen LogP contribution in [0.15, 0.2) is 73.1 Å². The van der Waals surface area contributed by atoms with Gasteiger partial charge in [-0.3, -0.25) is 9.59 Å². The summed E-state index contributed by atoms with van der Waals surface area (Å²) in [7, 11) is 0. The fraction of sp³-hybridized carbons (Fsp3) is 0.143. The lowest BCUT2D eigenvalue weighted by molar-refractivity contribution is -0.116. The maximum atomic E-state index is 13.2. The standard InChI is InChI=1S/C21H19FN2O2/c1-15(25)17-5-4-6-19(13-17)23-21(26)14-20(24-11-2-3-12-24)16-7-9-18(22)10-8-16/h2-13,20H,14H2,1H3,(H,23,26)/t20-/m0/s1. The number of hydrogen-bond donors (Lipinski definition) is 1. The Hall–Kier alpha value is -3.21. The zero-order chi connectivity index (χ0) is 18.5. The molecule has 0 spiro atoms. The summed E-state index contributed by atoms with van der Waals surface area (Å²) in [5, 5.41) is 2.83. The second-order valence-electron chi connectivity index (χ2n) is 6.09. The van der Waals surface area contributed by atoms with Gasteiger partial charge in [0, 0.05) is 23.6 Å². The molecule has 0 unspecified atom stereocenters. The first-order valence-electron chi connectivity index (χ1n) is 8.32. The lowest BCUT2D eigenvalue weighted by Gasteiger charge is -2.19. The van der Waals surface area contributed by atoms with E-state index in [1.165, 1.54) is 19.1 Å². The van der Waals surface area contributed by atoms with E-state index in [2.05, 4.69) is 5.32 Å². The van der Waals surface area contributed by atoms with Crippen molar-refractivity contribution in [2.24, 2.45) is 0 Å². The van der Waals surface area contributed by atoms with Gasteiger partial charge < -0.3 is 9.88 Å². The summed E-state index contributed by atoms with van der Waals surface area (Å²) >= 11 is 0. The molecule has 2 aromatic carbocycles. The fourth-order valence-corrected chi connectivity index (χ4v) is 2.84. The molecule has 0 aliphatic rings. The summed E-state index contributed by atoms with van der Waals surface area (Å²) in [5.41, 5.74) is 1.96. The van der Waals surface area contributed by atoms with Crippen LogP contribution in [0.5, 0.6) is 0 Å². The lowest BCUT2D eigenvalue weighted by Crippen LogP contribution is -2.19. The monoisotopic (exact) mass is 350 g/mol. The number of carbonyl (C=O) groups is 2. The van der Waals surface area contributed by atoms with Crippen molar-refractivity contribution in [3.63, 3.8) is 0 Å². The molecule has 132 valence electrons. The number of nitrogens with one attached hydrogen (secondary N) is 1. The van der Waals surface area contributed by atoms with E-state index < -0.39 is 0 Å². The number of halogens is 1. The van der Waals surface area contributed by atoms with Crippen LogP contribution in [0.1, 0.15) is 35.3 Å². The summed E-state index contributed by atoms with van der Waals surface area (Å²) in [6, 6.07) is 16.5. The van der Waals surface area contributed by atoms with Crippen molar-refractivity contribution in [3.05, 3.63) is 90.0 Å². The van der Waals surface area contributed by atoms with E-state index in [1.807, 2.05) is 29.1 Å². The number of rotatable bonds is 6. The van der Waals surface area contributed by atoms with Crippen molar-refractivity contribution in [2.45, 2.75) is 19.4 Å². The van der Waals surface area contributed by atoms with Crippen molar-refractivity contribution < 1.29 is 14.0 Å². The molecule has 0 saturated heterocycles. The Morgan fingerprint density at radius 3 is 2.38 bits per heavy atom. The first kappa shape index (κ1) is 17.6. The Balaban J connectivity index is 1.78. The van der Waals surface area contributed by atoms with Crippen LogP contribution in [0.4, 0.5) is 10.1 Å². The minimum atomic E-state index is -0.314. The molecule has 1 amide bonds. The highest BCUT2D eigenvalue weighted by Gasteiger charge is 2.18. The number of aromatic nitrogens is 1. The molecule has 0 aliphatic heterocycles. The summed E-state index contributed by atoms with van der Waals surface area (Å²) in [4.78, 5) is 24.0. The Morgan fingerprint density at radius 1 is 1.04 bits per heavy atom. The molecule has 26 heavy (non-hydrogen) atoms. The summed E-state index contributed by atoms with van der Waals surface area (Å²) in [5.74, 6) is -0.558. The van der Waals surface area contributed by atoms with Crippen LogP contribution < -0.4 is 5.32 Å². The highest BCUT2D eigenvalue weighted by Crippen LogP contribution is 2.23. The van der Waals surface area contributed by atoms with Gasteiger partial charge >= 0.3 is 0 Å². The van der Waals surface area contributed by atoms with Gasteiger partial charge in [-0.1, -0.05) is 24.3 Å². The fourth-order valence-electron chi connectivity index (χ4n) is 2.84. The lowest BCUT2D eigenvalue weighted by atomic mass is 10.0. The van der Waals surface area contributed by atoms with Crippen LogP contribution in [0, 0.1) is 5.82 Å². The van der Waals surface area contributed by atoms with Gasteiger partial charge in [0.25, 0.3) is 0 Å². The Labute approximate surface area is 151 Å². The molecule has 0 radical (unpaired) electrons. The van der Waals surface area contributed by atoms with Crippen LogP contribution in [0.25, 0.3) is 0 Å². The van der Waals surface area contributed by atoms with Crippen LogP contribution in [-0.2, 0) is 4.79 Å². The number of ketones is 1. The maximum absolute atomic E-state index is 13.2. The third kappa shape index (κ3) is 4.25. The third-order valence-corrected chi connectivity index (χ3v) is 4.17. The van der Waals surface area contributed by atoms with Gasteiger partial charge in [0.2, 0.25) is 5.91 Å². The predicted octanol–water partition coefficient (Wildman–Crippen LogP) is 4.45. The Morgan fingerprint density at radius 2 is 1.73 bits per heavy atom. The highest BCUT2D eigenvalue weighted by atomic mass is 19.1. The molecule has 1 aromatic heterocycles. The molecule has 0 saturated carbocycles. The maximum Gasteiger partial charge on any atom is 0.226 e. The minimum Gasteiger partial charge on any atom is -0.346 e. The van der Waals surface area contributed by atoms with Crippen LogP contribution in [0.3, 0.4) is 0 Å². The molecule has 1 N–H and O–H groups in total. The average Bonchev–Trinajstić information content (AvgIpc) is 3.15. The van der Waals surface area contributed by atoms with Crippen molar-refractivity contribution >= 4 is 17.4 Å². The topological polar surface area (TPSA) is 51.1 Å². The first-order valence-corrected chi connectivity index (χ1v) is 8.32. The third-order valence-electron chi connectivity index (χ3n) is 4.17. The summed E-state index contributed by atoms with van der Waals surface area (Å²) in [6.07, 6.45) is 3.93. The van der Waals surface area contributed by atoms with Crippen molar-refractivity contribution in [3.8, 4) is 0 Å². The molecule has 1 heterocycles. The number of anilines is 1. The first-order chi connectivity index (χ1) is 12.5. The van der Waals surface area contributed by atoms with Gasteiger partial charge in [0.05, 0.1) is 12.5 Å². The molecule has 5 heteroatoms. The molecule has 0 bridgehead atoms. The molecule has 3 rings (SSSR count). The number of nitrogens with zero attached hydrogens (tertiary/aromatic N) is 1. The van der Waals surface area contributed by atoms with Gasteiger partial charge in [-0.15, -0.1) is 0 Å². The quantitative estimate of drug-likeness (QED) is 0.668. The normalized spacial score (nSPS) is 11.8. The van der Waals surface area contributed by atoms with Crippen molar-refractivity contribution in [1.82, 2.24) is 4.57 Å². The number of carbonyl (C=O) groups excluding carboxylic acids is 2. The van der Waals surface area contributed by atoms with E-state index >= 15 is 0 Å². The number of benzene rings is 2. The molecule has 0 fully saturated rings. The van der Waals surface area contributed by atoms with Crippen LogP contribution in [0.2, 0.25) is 0 Å². The SMILES string of the molecule is CC(=O)c1cccc(NC(=O)C[C@@H](c2ccc(F)cc2)n2cccc2)c1. The van der Waals surface area contributed by atoms with E-state index in [-0.39, 0.29) is 30.0 Å². The zero-order valence-electron chi connectivity index (χ0n) is 14.4. The Bertz CT molecular complexity index is 902. The summed E-state index contributed by atoms with van der Waals surface area (Å²) < 4.78 is 15.1. The predicted molar refractivity (Wildman–Crippen MR) is 98.7 cm³/mol. The number of amides is 1. The molecular weight excluding hydrogens is 331 g/mol. The smallest absolute Gasteiger partial charge is 0.226 e. The average molecular weight is 350 g/mol. The number of hydrogen-bond acceptors (Lipinski definition) is 2. The molecule has 1 atom stereocenters. The molecule has 4 nitrogen and oxygen atoms in total. The summed E-state index contributed by atoms with van der Waals surface area (Å²) in [6.45, 7) is 1.48. The second kappa shape index (κ2) is 7.78. The molecule has 0 aliphatic carbocycles. The van der Waals surface area contributed by atoms with E-state index in [0.717, 1.165) is 5.56 Å². The van der Waals surface area contributed by atoms with E-state index in [4.69, 9.17) is 0 Å². The van der Waals surface area contributed by atoms with Crippen LogP contribution in [-0.4, -0.2) is 16.3 Å². The van der Waals surface area contributed by atoms with Gasteiger partial charge in [-0.25, -0.2) is 4.39 Å². The van der Waals surface area contributed by atoms with E-state index in [9.17, 15) is 14.0 Å². The van der Waals surface area contributed by atoms with Gasteiger partial charge in [-0.2, -0.15) is 0 Å². The minimum absolute atomic E-state index is 0.0578.